The lowest BCUT2D eigenvalue weighted by Crippen LogP contribution is -2.11. The molecule has 1 saturated heterocycles. The van der Waals surface area contributed by atoms with Crippen molar-refractivity contribution in [3.8, 4) is 5.75 Å². The van der Waals surface area contributed by atoms with E-state index < -0.39 is 0 Å². The van der Waals surface area contributed by atoms with Crippen LogP contribution in [0.4, 0.5) is 0 Å². The average molecular weight is 298 g/mol. The minimum atomic E-state index is 0.428. The van der Waals surface area contributed by atoms with E-state index in [0.717, 1.165) is 29.5 Å². The van der Waals surface area contributed by atoms with E-state index >= 15 is 0 Å². The van der Waals surface area contributed by atoms with Crippen LogP contribution in [0.2, 0.25) is 0 Å². The molecule has 0 radical (unpaired) electrons. The van der Waals surface area contributed by atoms with E-state index in [1.165, 1.54) is 12.0 Å². The third-order valence-electron chi connectivity index (χ3n) is 3.49. The number of hydrogen-bond acceptors (Lipinski definition) is 2. The molecule has 2 N–H and O–H groups in total. The van der Waals surface area contributed by atoms with Crippen LogP contribution in [0, 0.1) is 5.92 Å². The average Bonchev–Trinajstić information content (AvgIpc) is 2.75. The lowest BCUT2D eigenvalue weighted by molar-refractivity contribution is 0.457. The lowest BCUT2D eigenvalue weighted by Gasteiger charge is -2.14. The van der Waals surface area contributed by atoms with E-state index in [-0.39, 0.29) is 0 Å². The standard InChI is InChI=1S/C14H20BrNO/c1-9(2)12-7-14(17)11(6-13(12)15)5-10-3-4-16-8-10/h6-7,9-10,16-17H,3-5,8H2,1-2H3. The first-order chi connectivity index (χ1) is 8.08. The Morgan fingerprint density at radius 3 is 2.82 bits per heavy atom. The minimum absolute atomic E-state index is 0.428. The Labute approximate surface area is 112 Å². The van der Waals surface area contributed by atoms with Crippen molar-refractivity contribution in [2.24, 2.45) is 5.92 Å². The quantitative estimate of drug-likeness (QED) is 0.896. The molecule has 1 heterocycles. The number of aromatic hydroxyl groups is 1. The summed E-state index contributed by atoms with van der Waals surface area (Å²) in [4.78, 5) is 0. The molecule has 0 spiro atoms. The second-order valence-electron chi connectivity index (χ2n) is 5.22. The van der Waals surface area contributed by atoms with Crippen molar-refractivity contribution in [2.75, 3.05) is 13.1 Å². The third kappa shape index (κ3) is 3.02. The molecular weight excluding hydrogens is 278 g/mol. The van der Waals surface area contributed by atoms with Gasteiger partial charge in [0.1, 0.15) is 5.75 Å². The molecule has 1 unspecified atom stereocenters. The molecule has 2 rings (SSSR count). The fourth-order valence-corrected chi connectivity index (χ4v) is 3.27. The van der Waals surface area contributed by atoms with Gasteiger partial charge >= 0.3 is 0 Å². The van der Waals surface area contributed by atoms with Gasteiger partial charge in [-0.05, 0) is 61.0 Å². The van der Waals surface area contributed by atoms with E-state index in [4.69, 9.17) is 0 Å². The van der Waals surface area contributed by atoms with Gasteiger partial charge in [-0.1, -0.05) is 29.8 Å². The Morgan fingerprint density at radius 2 is 2.24 bits per heavy atom. The Morgan fingerprint density at radius 1 is 1.47 bits per heavy atom. The van der Waals surface area contributed by atoms with Crippen LogP contribution < -0.4 is 5.32 Å². The van der Waals surface area contributed by atoms with E-state index in [2.05, 4.69) is 41.2 Å². The van der Waals surface area contributed by atoms with Crippen molar-refractivity contribution in [3.63, 3.8) is 0 Å². The maximum atomic E-state index is 10.1. The molecule has 1 atom stereocenters. The highest BCUT2D eigenvalue weighted by atomic mass is 79.9. The Hall–Kier alpha value is -0.540. The summed E-state index contributed by atoms with van der Waals surface area (Å²) in [5.41, 5.74) is 2.24. The van der Waals surface area contributed by atoms with Crippen molar-refractivity contribution in [1.82, 2.24) is 5.32 Å². The van der Waals surface area contributed by atoms with Crippen LogP contribution in [0.3, 0.4) is 0 Å². The maximum absolute atomic E-state index is 10.1. The van der Waals surface area contributed by atoms with Crippen molar-refractivity contribution in [3.05, 3.63) is 27.7 Å². The first-order valence-corrected chi connectivity index (χ1v) is 7.09. The van der Waals surface area contributed by atoms with Gasteiger partial charge in [0.05, 0.1) is 0 Å². The molecule has 0 bridgehead atoms. The molecule has 94 valence electrons. The Bertz CT molecular complexity index is 397. The molecular formula is C14H20BrNO. The molecule has 2 nitrogen and oxygen atoms in total. The van der Waals surface area contributed by atoms with Crippen molar-refractivity contribution in [2.45, 2.75) is 32.6 Å². The largest absolute Gasteiger partial charge is 0.508 e. The van der Waals surface area contributed by atoms with Crippen LogP contribution in [0.1, 0.15) is 37.3 Å². The molecule has 0 saturated carbocycles. The Kier molecular flexibility index (Phi) is 4.10. The SMILES string of the molecule is CC(C)c1cc(O)c(CC2CCNC2)cc1Br. The predicted molar refractivity (Wildman–Crippen MR) is 74.6 cm³/mol. The summed E-state index contributed by atoms with van der Waals surface area (Å²) in [7, 11) is 0. The van der Waals surface area contributed by atoms with Gasteiger partial charge in [-0.15, -0.1) is 0 Å². The van der Waals surface area contributed by atoms with E-state index in [0.29, 0.717) is 17.6 Å². The first kappa shape index (κ1) is 12.9. The zero-order chi connectivity index (χ0) is 12.4. The fraction of sp³-hybridized carbons (Fsp3) is 0.571. The summed E-state index contributed by atoms with van der Waals surface area (Å²) in [6.45, 7) is 6.46. The molecule has 0 aliphatic carbocycles. The van der Waals surface area contributed by atoms with Gasteiger partial charge in [-0.3, -0.25) is 0 Å². The van der Waals surface area contributed by atoms with E-state index in [1.54, 1.807) is 0 Å². The number of phenolic OH excluding ortho intramolecular Hbond substituents is 1. The number of halogens is 1. The van der Waals surface area contributed by atoms with Crippen LogP contribution in [0.25, 0.3) is 0 Å². The summed E-state index contributed by atoms with van der Waals surface area (Å²) in [6, 6.07) is 4.00. The highest BCUT2D eigenvalue weighted by molar-refractivity contribution is 9.10. The number of nitrogens with one attached hydrogen (secondary N) is 1. The Balaban J connectivity index is 2.20. The maximum Gasteiger partial charge on any atom is 0.119 e. The van der Waals surface area contributed by atoms with Gasteiger partial charge in [0.25, 0.3) is 0 Å². The zero-order valence-corrected chi connectivity index (χ0v) is 12.0. The number of phenols is 1. The van der Waals surface area contributed by atoms with Gasteiger partial charge in [0.15, 0.2) is 0 Å². The van der Waals surface area contributed by atoms with Gasteiger partial charge in [-0.2, -0.15) is 0 Å². The van der Waals surface area contributed by atoms with Crippen molar-refractivity contribution >= 4 is 15.9 Å². The number of benzene rings is 1. The fourth-order valence-electron chi connectivity index (χ4n) is 2.42. The summed E-state index contributed by atoms with van der Waals surface area (Å²) in [5.74, 6) is 1.54. The van der Waals surface area contributed by atoms with Crippen LogP contribution in [0.15, 0.2) is 16.6 Å². The van der Waals surface area contributed by atoms with Crippen LogP contribution in [0.5, 0.6) is 5.75 Å². The van der Waals surface area contributed by atoms with Gasteiger partial charge in [0, 0.05) is 4.47 Å². The molecule has 3 heteroatoms. The van der Waals surface area contributed by atoms with Gasteiger partial charge < -0.3 is 10.4 Å². The summed E-state index contributed by atoms with van der Waals surface area (Å²) in [6.07, 6.45) is 2.18. The monoisotopic (exact) mass is 297 g/mol. The third-order valence-corrected chi connectivity index (χ3v) is 4.18. The molecule has 1 aromatic carbocycles. The molecule has 0 aromatic heterocycles. The van der Waals surface area contributed by atoms with Crippen LogP contribution >= 0.6 is 15.9 Å². The van der Waals surface area contributed by atoms with Crippen LogP contribution in [-0.4, -0.2) is 18.2 Å². The smallest absolute Gasteiger partial charge is 0.119 e. The molecule has 1 fully saturated rings. The summed E-state index contributed by atoms with van der Waals surface area (Å²) in [5, 5.41) is 13.4. The highest BCUT2D eigenvalue weighted by Crippen LogP contribution is 2.33. The summed E-state index contributed by atoms with van der Waals surface area (Å²) >= 11 is 3.60. The number of hydrogen-bond donors (Lipinski definition) is 2. The molecule has 17 heavy (non-hydrogen) atoms. The van der Waals surface area contributed by atoms with E-state index in [1.807, 2.05) is 6.07 Å². The molecule has 1 aliphatic heterocycles. The normalized spacial score (nSPS) is 20.1. The minimum Gasteiger partial charge on any atom is -0.508 e. The van der Waals surface area contributed by atoms with Gasteiger partial charge in [-0.25, -0.2) is 0 Å². The highest BCUT2D eigenvalue weighted by Gasteiger charge is 2.18. The molecule has 1 aliphatic rings. The van der Waals surface area contributed by atoms with E-state index in [9.17, 15) is 5.11 Å². The molecule has 0 amide bonds. The number of rotatable bonds is 3. The topological polar surface area (TPSA) is 32.3 Å². The second kappa shape index (κ2) is 5.40. The summed E-state index contributed by atoms with van der Waals surface area (Å²) < 4.78 is 1.12. The van der Waals surface area contributed by atoms with Crippen molar-refractivity contribution in [1.29, 1.82) is 0 Å². The lowest BCUT2D eigenvalue weighted by atomic mass is 9.95. The molecule has 1 aromatic rings. The van der Waals surface area contributed by atoms with Gasteiger partial charge in [0.2, 0.25) is 0 Å². The second-order valence-corrected chi connectivity index (χ2v) is 6.07. The van der Waals surface area contributed by atoms with Crippen LogP contribution in [-0.2, 0) is 6.42 Å². The van der Waals surface area contributed by atoms with Crippen molar-refractivity contribution < 1.29 is 5.11 Å². The predicted octanol–water partition coefficient (Wildman–Crippen LogP) is 3.43. The first-order valence-electron chi connectivity index (χ1n) is 6.30. The zero-order valence-electron chi connectivity index (χ0n) is 10.5.